The molecule has 0 aromatic rings. The fourth-order valence-electron chi connectivity index (χ4n) is 0.797. The summed E-state index contributed by atoms with van der Waals surface area (Å²) < 4.78 is 3.40. The van der Waals surface area contributed by atoms with E-state index in [9.17, 15) is 0 Å². The molecule has 0 saturated heterocycles. The molecule has 0 amide bonds. The number of hydrogen-bond donors (Lipinski definition) is 1. The third kappa shape index (κ3) is 4.15. The molecule has 0 aliphatic heterocycles. The first-order valence-corrected chi connectivity index (χ1v) is 5.99. The Labute approximate surface area is 112 Å². The van der Waals surface area contributed by atoms with Gasteiger partial charge in [0.1, 0.15) is 0 Å². The Morgan fingerprint density at radius 3 is 2.00 bits per heavy atom. The molecule has 0 aromatic carbocycles. The van der Waals surface area contributed by atoms with Gasteiger partial charge in [-0.15, -0.1) is 6.58 Å². The number of nitrogens with one attached hydrogen (secondary N) is 1. The highest BCUT2D eigenvalue weighted by Gasteiger charge is 2.37. The van der Waals surface area contributed by atoms with Crippen LogP contribution in [0.15, 0.2) is 12.7 Å². The van der Waals surface area contributed by atoms with Crippen molar-refractivity contribution >= 4 is 40.7 Å². The summed E-state index contributed by atoms with van der Waals surface area (Å²) in [5.41, 5.74) is -0.349. The van der Waals surface area contributed by atoms with Crippen molar-refractivity contribution in [1.29, 1.82) is 5.41 Å². The van der Waals surface area contributed by atoms with Crippen LogP contribution in [0.3, 0.4) is 0 Å². The third-order valence-electron chi connectivity index (χ3n) is 3.09. The van der Waals surface area contributed by atoms with E-state index in [0.717, 1.165) is 0 Å². The minimum atomic E-state index is -1.80. The van der Waals surface area contributed by atoms with E-state index in [1.807, 2.05) is 33.8 Å². The molecule has 0 aromatic heterocycles. The Hall–Kier alpha value is 0.0800. The number of ether oxygens (including phenoxy) is 1. The fraction of sp³-hybridized carbons (Fsp3) is 0.727. The van der Waals surface area contributed by atoms with E-state index in [1.54, 1.807) is 0 Å². The number of rotatable bonds is 4. The van der Waals surface area contributed by atoms with E-state index in [0.29, 0.717) is 6.61 Å². The topological polar surface area (TPSA) is 33.1 Å². The number of alkyl halides is 3. The van der Waals surface area contributed by atoms with Crippen LogP contribution in [0.2, 0.25) is 0 Å². The molecule has 16 heavy (non-hydrogen) atoms. The second-order valence-electron chi connectivity index (χ2n) is 4.93. The molecule has 0 fully saturated rings. The zero-order valence-electron chi connectivity index (χ0n) is 10.0. The van der Waals surface area contributed by atoms with Gasteiger partial charge in [-0.3, -0.25) is 5.41 Å². The summed E-state index contributed by atoms with van der Waals surface area (Å²) in [7, 11) is 0. The molecule has 0 spiro atoms. The maximum absolute atomic E-state index is 7.44. The summed E-state index contributed by atoms with van der Waals surface area (Å²) >= 11 is 16.6. The van der Waals surface area contributed by atoms with Gasteiger partial charge in [0, 0.05) is 5.41 Å². The van der Waals surface area contributed by atoms with Gasteiger partial charge >= 0.3 is 0 Å². The summed E-state index contributed by atoms with van der Waals surface area (Å²) in [6.45, 7) is 12.2. The molecule has 0 aliphatic carbocycles. The number of hydrogen-bond acceptors (Lipinski definition) is 2. The predicted octanol–water partition coefficient (Wildman–Crippen LogP) is 4.59. The Bertz CT molecular complexity index is 279. The van der Waals surface area contributed by atoms with Gasteiger partial charge in [-0.05, 0) is 5.41 Å². The average Bonchev–Trinajstić information content (AvgIpc) is 2.12. The average molecular weight is 287 g/mol. The van der Waals surface area contributed by atoms with Gasteiger partial charge < -0.3 is 4.74 Å². The van der Waals surface area contributed by atoms with Crippen LogP contribution in [0, 0.1) is 16.2 Å². The molecular weight excluding hydrogens is 268 g/mol. The molecule has 0 unspecified atom stereocenters. The van der Waals surface area contributed by atoms with Crippen LogP contribution in [0.4, 0.5) is 0 Å². The zero-order valence-corrected chi connectivity index (χ0v) is 12.3. The molecule has 0 saturated carbocycles. The van der Waals surface area contributed by atoms with Gasteiger partial charge in [-0.25, -0.2) is 0 Å². The van der Waals surface area contributed by atoms with Gasteiger partial charge in [-0.2, -0.15) is 0 Å². The predicted molar refractivity (Wildman–Crippen MR) is 71.7 cm³/mol. The molecular formula is C11H18Cl3NO. The van der Waals surface area contributed by atoms with Crippen molar-refractivity contribution in [1.82, 2.24) is 0 Å². The maximum Gasteiger partial charge on any atom is 0.265 e. The smallest absolute Gasteiger partial charge is 0.265 e. The van der Waals surface area contributed by atoms with Crippen LogP contribution in [0.1, 0.15) is 27.7 Å². The Morgan fingerprint density at radius 1 is 1.25 bits per heavy atom. The molecule has 0 heterocycles. The summed E-state index contributed by atoms with van der Waals surface area (Å²) in [5.74, 6) is -0.356. The maximum atomic E-state index is 7.44. The molecule has 0 aliphatic rings. The van der Waals surface area contributed by atoms with E-state index in [1.165, 1.54) is 0 Å². The normalized spacial score (nSPS) is 13.4. The summed E-state index contributed by atoms with van der Waals surface area (Å²) in [6, 6.07) is 0. The van der Waals surface area contributed by atoms with E-state index in [-0.39, 0.29) is 16.7 Å². The number of halogens is 3. The third-order valence-corrected chi connectivity index (χ3v) is 3.60. The van der Waals surface area contributed by atoms with Crippen LogP contribution in [0.25, 0.3) is 0 Å². The molecule has 94 valence electrons. The van der Waals surface area contributed by atoms with Crippen molar-refractivity contribution in [2.75, 3.05) is 6.61 Å². The van der Waals surface area contributed by atoms with Crippen LogP contribution >= 0.6 is 34.8 Å². The van der Waals surface area contributed by atoms with Crippen molar-refractivity contribution in [3.05, 3.63) is 12.7 Å². The van der Waals surface area contributed by atoms with E-state index in [4.69, 9.17) is 44.9 Å². The minimum Gasteiger partial charge on any atom is -0.477 e. The lowest BCUT2D eigenvalue weighted by molar-refractivity contribution is 0.0753. The van der Waals surface area contributed by atoms with Crippen molar-refractivity contribution in [3.8, 4) is 0 Å². The Kier molecular flexibility index (Phi) is 5.18. The SMILES string of the molecule is C=CC(C)(C)C(C)(C)COC(=N)C(Cl)(Cl)Cl. The lowest BCUT2D eigenvalue weighted by Gasteiger charge is -2.39. The van der Waals surface area contributed by atoms with E-state index in [2.05, 4.69) is 6.58 Å². The second-order valence-corrected chi connectivity index (χ2v) is 7.21. The van der Waals surface area contributed by atoms with Gasteiger partial charge in [-0.1, -0.05) is 68.6 Å². The Balaban J connectivity index is 4.53. The van der Waals surface area contributed by atoms with Crippen LogP contribution in [-0.4, -0.2) is 16.3 Å². The van der Waals surface area contributed by atoms with Crippen LogP contribution in [-0.2, 0) is 4.74 Å². The first kappa shape index (κ1) is 16.1. The van der Waals surface area contributed by atoms with Gasteiger partial charge in [0.05, 0.1) is 6.61 Å². The summed E-state index contributed by atoms with van der Waals surface area (Å²) in [5, 5.41) is 7.44. The molecule has 1 N–H and O–H groups in total. The molecule has 5 heteroatoms. The molecule has 0 rings (SSSR count). The minimum absolute atomic E-state index is 0.138. The van der Waals surface area contributed by atoms with Crippen LogP contribution in [0.5, 0.6) is 0 Å². The highest BCUT2D eigenvalue weighted by atomic mass is 35.6. The lowest BCUT2D eigenvalue weighted by Crippen LogP contribution is -2.37. The molecule has 0 atom stereocenters. The first-order valence-electron chi connectivity index (χ1n) is 4.86. The zero-order chi connectivity index (χ0) is 13.2. The monoisotopic (exact) mass is 285 g/mol. The molecule has 0 radical (unpaired) electrons. The second kappa shape index (κ2) is 5.16. The van der Waals surface area contributed by atoms with Crippen molar-refractivity contribution in [2.24, 2.45) is 10.8 Å². The molecule has 0 bridgehead atoms. The van der Waals surface area contributed by atoms with Crippen LogP contribution < -0.4 is 0 Å². The summed E-state index contributed by atoms with van der Waals surface area (Å²) in [4.78, 5) is 0. The van der Waals surface area contributed by atoms with Crippen molar-refractivity contribution in [3.63, 3.8) is 0 Å². The van der Waals surface area contributed by atoms with E-state index >= 15 is 0 Å². The standard InChI is InChI=1S/C11H18Cl3NO/c1-6-9(2,3)10(4,5)7-16-8(15)11(12,13)14/h6,15H,1,7H2,2-5H3. The van der Waals surface area contributed by atoms with E-state index < -0.39 is 3.79 Å². The van der Waals surface area contributed by atoms with Gasteiger partial charge in [0.2, 0.25) is 5.90 Å². The highest BCUT2D eigenvalue weighted by molar-refractivity contribution is 6.76. The van der Waals surface area contributed by atoms with Gasteiger partial charge in [0.25, 0.3) is 3.79 Å². The van der Waals surface area contributed by atoms with Crippen molar-refractivity contribution in [2.45, 2.75) is 31.5 Å². The fourth-order valence-corrected chi connectivity index (χ4v) is 0.960. The Morgan fingerprint density at radius 2 is 1.69 bits per heavy atom. The summed E-state index contributed by atoms with van der Waals surface area (Å²) in [6.07, 6.45) is 1.86. The van der Waals surface area contributed by atoms with Gasteiger partial charge in [0.15, 0.2) is 0 Å². The largest absolute Gasteiger partial charge is 0.477 e. The number of allylic oxidation sites excluding steroid dienone is 1. The molecule has 2 nitrogen and oxygen atoms in total. The van der Waals surface area contributed by atoms with Crippen molar-refractivity contribution < 1.29 is 4.74 Å². The first-order chi connectivity index (χ1) is 6.94. The quantitative estimate of drug-likeness (QED) is 0.349. The lowest BCUT2D eigenvalue weighted by atomic mass is 9.68. The highest BCUT2D eigenvalue weighted by Crippen LogP contribution is 2.40.